The van der Waals surface area contributed by atoms with Gasteiger partial charge in [0.05, 0.1) is 27.7 Å². The minimum Gasteiger partial charge on any atom is -0.367 e. The number of fused-ring (bicyclic) bond motifs is 8. The predicted octanol–water partition coefficient (Wildman–Crippen LogP) is 30.0. The van der Waals surface area contributed by atoms with Gasteiger partial charge in [0.2, 0.25) is 17.1 Å². The van der Waals surface area contributed by atoms with Gasteiger partial charge >= 0.3 is 0 Å². The zero-order valence-corrected chi connectivity index (χ0v) is 86.4. The van der Waals surface area contributed by atoms with Gasteiger partial charge < -0.3 is 24.5 Å². The maximum absolute atomic E-state index is 2.75. The van der Waals surface area contributed by atoms with Gasteiger partial charge in [0, 0.05) is 167 Å². The first-order valence-electron chi connectivity index (χ1n) is 51.0. The lowest BCUT2D eigenvalue weighted by Crippen LogP contribution is -2.40. The summed E-state index contributed by atoms with van der Waals surface area (Å²) in [5.41, 5.74) is 43.0. The third-order valence-corrected chi connectivity index (χ3v) is 34.9. The van der Waals surface area contributed by atoms with Crippen molar-refractivity contribution in [1.82, 2.24) is 0 Å². The number of hydrogen-bond donors (Lipinski definition) is 0. The summed E-state index contributed by atoms with van der Waals surface area (Å²) < 4.78 is 7.57. The van der Waals surface area contributed by atoms with Crippen LogP contribution >= 0.6 is 0 Å². The highest BCUT2D eigenvalue weighted by molar-refractivity contribution is 6.05. The van der Waals surface area contributed by atoms with E-state index in [0.29, 0.717) is 0 Å². The van der Waals surface area contributed by atoms with E-state index in [9.17, 15) is 0 Å². The predicted molar refractivity (Wildman–Crippen MR) is 581 cm³/mol. The van der Waals surface area contributed by atoms with Crippen molar-refractivity contribution < 1.29 is 13.7 Å². The molecule has 698 valence electrons. The van der Waals surface area contributed by atoms with Crippen molar-refractivity contribution in [3.05, 3.63) is 426 Å². The van der Waals surface area contributed by atoms with Crippen LogP contribution in [0, 0.1) is 5.41 Å². The van der Waals surface area contributed by atoms with Crippen molar-refractivity contribution in [3.63, 3.8) is 0 Å². The number of likely N-dealkylation sites (N-methyl/N-ethyl adjacent to an activating group) is 5. The summed E-state index contributed by atoms with van der Waals surface area (Å²) in [7, 11) is 18.7. The van der Waals surface area contributed by atoms with E-state index in [0.717, 1.165) is 77.0 Å². The van der Waals surface area contributed by atoms with Crippen LogP contribution in [-0.2, 0) is 43.3 Å². The molecule has 8 heterocycles. The Hall–Kier alpha value is -12.4. The first kappa shape index (κ1) is 92.3. The standard InChI is InChI=1S/C129H145N8/c1-121(2)93-53-25-33-61-101(93)130(17)109(121)77-69-85-45-41-46-86(70-78-110-122(3,4)94-54-26-34-62-102(94)131(110)18)117(85)129(118-87(71-79-111-123(5,6)95-55-27-35-63-103(95)132(111)19)47-42-48-88(118)72-80-112-124(7,8)96-56-28-36-64-104(96)133(112)20,119-89(73-81-113-125(9,10)97-57-29-37-65-105(97)134(113)21)49-43-50-90(119)74-82-114-126(11,12)98-58-30-38-66-106(98)135(114)22)120-91(75-83-115-127(13,14)99-59-31-39-67-107(99)136(115)23)51-44-52-92(120)76-84-116-128(15,16)100-60-32-40-68-108(100)137(116)24/h25-40,53-84,109H,41-52H2,1-24H3/q+3. The number of rotatable bonds is 16. The molecule has 0 saturated heterocycles. The van der Waals surface area contributed by atoms with Gasteiger partial charge in [0.25, 0.3) is 0 Å². The molecule has 4 aliphatic carbocycles. The van der Waals surface area contributed by atoms with Crippen LogP contribution < -0.4 is 24.5 Å². The van der Waals surface area contributed by atoms with Crippen LogP contribution in [0.25, 0.3) is 0 Å². The van der Waals surface area contributed by atoms with Gasteiger partial charge in [-0.25, -0.2) is 0 Å². The largest absolute Gasteiger partial charge is 0.367 e. The Balaban J connectivity index is 1.04. The third-order valence-electron chi connectivity index (χ3n) is 34.9. The summed E-state index contributed by atoms with van der Waals surface area (Å²) in [5.74, 6) is 0. The van der Waals surface area contributed by atoms with E-state index in [1.165, 1.54) is 197 Å². The Labute approximate surface area is 819 Å². The van der Waals surface area contributed by atoms with Gasteiger partial charge in [0.15, 0.2) is 17.1 Å². The number of allylic oxidation sites excluding steroid dienone is 31. The van der Waals surface area contributed by atoms with Crippen LogP contribution in [-0.4, -0.2) is 93.3 Å². The molecular formula is C129H145N8+3. The average Bonchev–Trinajstić information content (AvgIpc) is 1.32. The van der Waals surface area contributed by atoms with Crippen LogP contribution in [0.4, 0.5) is 45.5 Å². The molecule has 0 aromatic heterocycles. The first-order valence-corrected chi connectivity index (χ1v) is 51.0. The van der Waals surface area contributed by atoms with E-state index >= 15 is 0 Å². The van der Waals surface area contributed by atoms with E-state index < -0.39 is 5.41 Å². The SMILES string of the molecule is CN1C(=CC=C2CCCC(C=CC3=[N+](C)c4ccccc4C3(C)C)=C2C(C2=C(C=CC3=[N+](C)c4ccccc4C3(C)C)CCCC2=CC=C2N(C)c3ccccc3C2(C)C)(C2=C(C=CC3=[N+](C)c4ccccc4C3(C)C)CCCC2=CC=C2N(C)c3ccccc3C2(C)C)C2=C(C=CC3N(C)c4ccccc4C3(C)C)CCCC2=CC=C2N(C)c3ccccc3C2(C)C)C(C)(C)c2ccccc21. The van der Waals surface area contributed by atoms with Gasteiger partial charge in [-0.2, -0.15) is 13.7 Å². The van der Waals surface area contributed by atoms with Crippen LogP contribution in [0.2, 0.25) is 0 Å². The van der Waals surface area contributed by atoms with Crippen LogP contribution in [0.1, 0.15) is 232 Å². The van der Waals surface area contributed by atoms with Crippen molar-refractivity contribution in [3.8, 4) is 0 Å². The molecule has 0 saturated carbocycles. The van der Waals surface area contributed by atoms with Crippen molar-refractivity contribution in [1.29, 1.82) is 0 Å². The molecule has 137 heavy (non-hydrogen) atoms. The molecule has 1 unspecified atom stereocenters. The molecule has 12 aliphatic rings. The molecule has 0 amide bonds. The fourth-order valence-corrected chi connectivity index (χ4v) is 27.8. The second kappa shape index (κ2) is 34.1. The lowest BCUT2D eigenvalue weighted by Gasteiger charge is -2.52. The number of anilines is 5. The lowest BCUT2D eigenvalue weighted by atomic mass is 9.50. The molecule has 0 bridgehead atoms. The Bertz CT molecular complexity index is 6560. The quantitative estimate of drug-likeness (QED) is 0.0898. The molecule has 8 aromatic carbocycles. The summed E-state index contributed by atoms with van der Waals surface area (Å²) in [5, 5.41) is 0. The molecule has 0 radical (unpaired) electrons. The van der Waals surface area contributed by atoms with Crippen molar-refractivity contribution in [2.75, 3.05) is 80.9 Å². The Morgan fingerprint density at radius 2 is 0.489 bits per heavy atom. The molecule has 8 aliphatic heterocycles. The molecule has 8 nitrogen and oxygen atoms in total. The fraction of sp³-hybridized carbons (Fsp3) is 0.357. The van der Waals surface area contributed by atoms with Gasteiger partial charge in [0.1, 0.15) is 21.1 Å². The minimum atomic E-state index is -1.18. The zero-order valence-electron chi connectivity index (χ0n) is 86.4. The fourth-order valence-electron chi connectivity index (χ4n) is 27.8. The molecule has 8 heteroatoms. The highest BCUT2D eigenvalue weighted by atomic mass is 15.2. The summed E-state index contributed by atoms with van der Waals surface area (Å²) in [6.07, 6.45) is 53.5. The Morgan fingerprint density at radius 3 is 0.745 bits per heavy atom. The maximum Gasteiger partial charge on any atom is 0.209 e. The number of hydrogen-bond acceptors (Lipinski definition) is 5. The molecule has 1 atom stereocenters. The maximum atomic E-state index is 2.75. The van der Waals surface area contributed by atoms with E-state index in [2.05, 4.69) is 497 Å². The van der Waals surface area contributed by atoms with E-state index in [1.807, 2.05) is 0 Å². The normalized spacial score (nSPS) is 24.8. The lowest BCUT2D eigenvalue weighted by molar-refractivity contribution is -0.401. The second-order valence-corrected chi connectivity index (χ2v) is 45.5. The van der Waals surface area contributed by atoms with Gasteiger partial charge in [-0.15, -0.1) is 0 Å². The van der Waals surface area contributed by atoms with E-state index in [-0.39, 0.29) is 49.4 Å². The highest BCUT2D eigenvalue weighted by Gasteiger charge is 2.57. The molecule has 0 N–H and O–H groups in total. The smallest absolute Gasteiger partial charge is 0.209 e. The van der Waals surface area contributed by atoms with Crippen molar-refractivity contribution in [2.45, 2.75) is 237 Å². The number of para-hydroxylation sites is 8. The summed E-state index contributed by atoms with van der Waals surface area (Å²) in [6, 6.07) is 73.8. The zero-order chi connectivity index (χ0) is 96.3. The summed E-state index contributed by atoms with van der Waals surface area (Å²) in [4.78, 5) is 12.7. The van der Waals surface area contributed by atoms with Gasteiger partial charge in [-0.1, -0.05) is 270 Å². The first-order chi connectivity index (χ1) is 65.4. The van der Waals surface area contributed by atoms with E-state index in [4.69, 9.17) is 0 Å². The molecular weight excluding hydrogens is 1660 g/mol. The van der Waals surface area contributed by atoms with Gasteiger partial charge in [-0.3, -0.25) is 0 Å². The summed E-state index contributed by atoms with van der Waals surface area (Å²) >= 11 is 0. The molecule has 8 aromatic rings. The highest BCUT2D eigenvalue weighted by Crippen LogP contribution is 2.68. The van der Waals surface area contributed by atoms with Crippen LogP contribution in [0.5, 0.6) is 0 Å². The molecule has 20 rings (SSSR count). The van der Waals surface area contributed by atoms with Gasteiger partial charge in [-0.05, 0) is 268 Å². The monoisotopic (exact) mass is 1810 g/mol. The number of nitrogens with zero attached hydrogens (tertiary/aromatic N) is 8. The van der Waals surface area contributed by atoms with Crippen LogP contribution in [0.3, 0.4) is 0 Å². The summed E-state index contributed by atoms with van der Waals surface area (Å²) in [6.45, 7) is 39.6. The molecule has 0 spiro atoms. The Morgan fingerprint density at radius 1 is 0.255 bits per heavy atom. The third kappa shape index (κ3) is 14.5. The molecule has 0 fully saturated rings. The minimum absolute atomic E-state index is 0.0146. The van der Waals surface area contributed by atoms with Crippen molar-refractivity contribution >= 4 is 62.6 Å². The topological polar surface area (TPSA) is 25.2 Å². The average molecular weight is 1810 g/mol. The number of benzene rings is 8. The Kier molecular flexibility index (Phi) is 22.9. The van der Waals surface area contributed by atoms with Crippen LogP contribution in [0.15, 0.2) is 381 Å². The second-order valence-electron chi connectivity index (χ2n) is 45.5. The van der Waals surface area contributed by atoms with E-state index in [1.54, 1.807) is 0 Å². The van der Waals surface area contributed by atoms with Crippen molar-refractivity contribution in [2.24, 2.45) is 5.41 Å².